The van der Waals surface area contributed by atoms with E-state index in [1.165, 1.54) is 18.4 Å². The van der Waals surface area contributed by atoms with Gasteiger partial charge in [-0.1, -0.05) is 11.6 Å². The smallest absolute Gasteiger partial charge is 0.255 e. The molecule has 5 heteroatoms. The summed E-state index contributed by atoms with van der Waals surface area (Å²) in [7, 11) is 1.58. The first-order valence-corrected chi connectivity index (χ1v) is 8.66. The zero-order valence-electron chi connectivity index (χ0n) is 14.6. The molecule has 1 aromatic rings. The summed E-state index contributed by atoms with van der Waals surface area (Å²) in [5.74, 6) is 1.05. The number of allylic oxidation sites excluding steroid dienone is 1. The number of methoxy groups -OCH3 is 1. The van der Waals surface area contributed by atoms with Crippen LogP contribution in [0.25, 0.3) is 0 Å². The average Bonchev–Trinajstić information content (AvgIpc) is 2.62. The fourth-order valence-electron chi connectivity index (χ4n) is 2.83. The number of nitrogens with one attached hydrogen (secondary N) is 1. The van der Waals surface area contributed by atoms with Gasteiger partial charge in [0.25, 0.3) is 5.91 Å². The molecular formula is C19H28N2O3. The van der Waals surface area contributed by atoms with E-state index in [9.17, 15) is 4.79 Å². The average molecular weight is 332 g/mol. The van der Waals surface area contributed by atoms with Crippen LogP contribution in [-0.4, -0.2) is 32.2 Å². The van der Waals surface area contributed by atoms with Crippen LogP contribution in [0.4, 0.5) is 0 Å². The summed E-state index contributed by atoms with van der Waals surface area (Å²) in [5.41, 5.74) is 7.30. The van der Waals surface area contributed by atoms with Crippen molar-refractivity contribution in [2.45, 2.75) is 45.1 Å². The highest BCUT2D eigenvalue weighted by atomic mass is 16.5. The van der Waals surface area contributed by atoms with Crippen LogP contribution in [0, 0.1) is 0 Å². The fourth-order valence-corrected chi connectivity index (χ4v) is 2.83. The van der Waals surface area contributed by atoms with Gasteiger partial charge in [-0.15, -0.1) is 0 Å². The summed E-state index contributed by atoms with van der Waals surface area (Å²) in [6.07, 6.45) is 7.58. The van der Waals surface area contributed by atoms with E-state index in [4.69, 9.17) is 15.2 Å². The minimum Gasteiger partial charge on any atom is -0.497 e. The maximum Gasteiger partial charge on any atom is 0.255 e. The van der Waals surface area contributed by atoms with Crippen molar-refractivity contribution in [2.75, 3.05) is 20.3 Å². The molecule has 5 nitrogen and oxygen atoms in total. The third-order valence-corrected chi connectivity index (χ3v) is 4.27. The van der Waals surface area contributed by atoms with E-state index in [1.54, 1.807) is 25.3 Å². The minimum atomic E-state index is -0.143. The lowest BCUT2D eigenvalue weighted by atomic mass is 9.94. The number of hydrogen-bond donors (Lipinski definition) is 2. The third-order valence-electron chi connectivity index (χ3n) is 4.27. The lowest BCUT2D eigenvalue weighted by molar-refractivity contribution is 0.0940. The first-order valence-electron chi connectivity index (χ1n) is 8.66. The number of carbonyl (C=O) groups excluding carboxylic acids is 1. The van der Waals surface area contributed by atoms with Gasteiger partial charge in [0.15, 0.2) is 0 Å². The monoisotopic (exact) mass is 332 g/mol. The zero-order valence-corrected chi connectivity index (χ0v) is 14.6. The summed E-state index contributed by atoms with van der Waals surface area (Å²) in [6, 6.07) is 5.31. The number of ether oxygens (including phenoxy) is 2. The van der Waals surface area contributed by atoms with E-state index in [0.29, 0.717) is 30.2 Å². The van der Waals surface area contributed by atoms with E-state index in [2.05, 4.69) is 11.4 Å². The molecule has 0 aliphatic heterocycles. The molecule has 0 heterocycles. The molecule has 0 saturated carbocycles. The molecule has 2 rings (SSSR count). The number of benzene rings is 1. The Hall–Kier alpha value is -2.01. The summed E-state index contributed by atoms with van der Waals surface area (Å²) in [6.45, 7) is 3.08. The van der Waals surface area contributed by atoms with Crippen molar-refractivity contribution in [2.24, 2.45) is 5.73 Å². The minimum absolute atomic E-state index is 0.0286. The van der Waals surface area contributed by atoms with Gasteiger partial charge < -0.3 is 20.5 Å². The molecule has 3 N–H and O–H groups in total. The van der Waals surface area contributed by atoms with E-state index in [1.807, 2.05) is 6.92 Å². The maximum atomic E-state index is 12.7. The Morgan fingerprint density at radius 1 is 1.38 bits per heavy atom. The molecule has 0 fully saturated rings. The van der Waals surface area contributed by atoms with Gasteiger partial charge in [0, 0.05) is 6.04 Å². The second kappa shape index (κ2) is 9.33. The third kappa shape index (κ3) is 4.99. The van der Waals surface area contributed by atoms with E-state index < -0.39 is 0 Å². The van der Waals surface area contributed by atoms with Crippen molar-refractivity contribution >= 4 is 5.91 Å². The highest BCUT2D eigenvalue weighted by Crippen LogP contribution is 2.25. The normalized spacial score (nSPS) is 15.4. The number of nitrogens with two attached hydrogens (primary N) is 1. The zero-order chi connectivity index (χ0) is 17.4. The standard InChI is InChI=1S/C19H28N2O3/c1-14(15-7-4-3-5-8-15)21-19(22)17-13-16(23-2)9-10-18(17)24-12-6-11-20/h7,9-10,13-14H,3-6,8,11-12,20H2,1-2H3,(H,21,22). The molecule has 24 heavy (non-hydrogen) atoms. The number of amides is 1. The molecular weight excluding hydrogens is 304 g/mol. The topological polar surface area (TPSA) is 73.6 Å². The molecule has 0 aromatic heterocycles. The maximum absolute atomic E-state index is 12.7. The Morgan fingerprint density at radius 2 is 2.21 bits per heavy atom. The first kappa shape index (κ1) is 18.3. The quantitative estimate of drug-likeness (QED) is 0.567. The molecule has 0 bridgehead atoms. The van der Waals surface area contributed by atoms with Gasteiger partial charge in [0.1, 0.15) is 11.5 Å². The molecule has 0 radical (unpaired) electrons. The van der Waals surface area contributed by atoms with Gasteiger partial charge in [-0.3, -0.25) is 4.79 Å². The molecule has 1 unspecified atom stereocenters. The van der Waals surface area contributed by atoms with E-state index in [0.717, 1.165) is 19.3 Å². The van der Waals surface area contributed by atoms with Crippen LogP contribution >= 0.6 is 0 Å². The molecule has 0 saturated heterocycles. The Balaban J connectivity index is 2.11. The highest BCUT2D eigenvalue weighted by molar-refractivity contribution is 5.97. The second-order valence-corrected chi connectivity index (χ2v) is 6.07. The van der Waals surface area contributed by atoms with E-state index >= 15 is 0 Å². The van der Waals surface area contributed by atoms with Crippen LogP contribution in [-0.2, 0) is 0 Å². The fraction of sp³-hybridized carbons (Fsp3) is 0.526. The summed E-state index contributed by atoms with van der Waals surface area (Å²) in [5, 5.41) is 3.08. The van der Waals surface area contributed by atoms with E-state index in [-0.39, 0.29) is 11.9 Å². The highest BCUT2D eigenvalue weighted by Gasteiger charge is 2.19. The SMILES string of the molecule is COc1ccc(OCCCN)c(C(=O)NC(C)C2=CCCCC2)c1. The predicted octanol–water partition coefficient (Wildman–Crippen LogP) is 3.04. The number of carbonyl (C=O) groups is 1. The molecule has 1 aliphatic carbocycles. The Bertz CT molecular complexity index is 584. The summed E-state index contributed by atoms with van der Waals surface area (Å²) < 4.78 is 11.0. The lowest BCUT2D eigenvalue weighted by Crippen LogP contribution is -2.34. The van der Waals surface area contributed by atoms with Crippen molar-refractivity contribution in [3.05, 3.63) is 35.4 Å². The first-order chi connectivity index (χ1) is 11.7. The van der Waals surface area contributed by atoms with Gasteiger partial charge >= 0.3 is 0 Å². The van der Waals surface area contributed by atoms with Crippen LogP contribution in [0.15, 0.2) is 29.8 Å². The van der Waals surface area contributed by atoms with Crippen LogP contribution in [0.5, 0.6) is 11.5 Å². The lowest BCUT2D eigenvalue weighted by Gasteiger charge is -2.21. The van der Waals surface area contributed by atoms with Crippen LogP contribution in [0.3, 0.4) is 0 Å². The van der Waals surface area contributed by atoms with Crippen molar-refractivity contribution < 1.29 is 14.3 Å². The predicted molar refractivity (Wildman–Crippen MR) is 95.6 cm³/mol. The van der Waals surface area contributed by atoms with Gasteiger partial charge in [0.2, 0.25) is 0 Å². The van der Waals surface area contributed by atoms with Gasteiger partial charge in [-0.2, -0.15) is 0 Å². The number of rotatable bonds is 8. The molecule has 1 atom stereocenters. The molecule has 1 aromatic carbocycles. The molecule has 1 aliphatic rings. The van der Waals surface area contributed by atoms with Gasteiger partial charge in [0.05, 0.1) is 19.3 Å². The summed E-state index contributed by atoms with van der Waals surface area (Å²) in [4.78, 5) is 12.7. The molecule has 132 valence electrons. The molecule has 1 amide bonds. The Kier molecular flexibility index (Phi) is 7.12. The Morgan fingerprint density at radius 3 is 2.88 bits per heavy atom. The van der Waals surface area contributed by atoms with Crippen LogP contribution in [0.1, 0.15) is 49.4 Å². The van der Waals surface area contributed by atoms with Crippen LogP contribution < -0.4 is 20.5 Å². The van der Waals surface area contributed by atoms with Crippen molar-refractivity contribution in [1.82, 2.24) is 5.32 Å². The Labute approximate surface area is 144 Å². The van der Waals surface area contributed by atoms with Gasteiger partial charge in [-0.05, 0) is 63.8 Å². The van der Waals surface area contributed by atoms with Gasteiger partial charge in [-0.25, -0.2) is 0 Å². The number of hydrogen-bond acceptors (Lipinski definition) is 4. The second-order valence-electron chi connectivity index (χ2n) is 6.07. The molecule has 0 spiro atoms. The van der Waals surface area contributed by atoms with Crippen molar-refractivity contribution in [3.8, 4) is 11.5 Å². The van der Waals surface area contributed by atoms with Crippen molar-refractivity contribution in [3.63, 3.8) is 0 Å². The van der Waals surface area contributed by atoms with Crippen LogP contribution in [0.2, 0.25) is 0 Å². The summed E-state index contributed by atoms with van der Waals surface area (Å²) >= 11 is 0. The van der Waals surface area contributed by atoms with Crippen molar-refractivity contribution in [1.29, 1.82) is 0 Å². The largest absolute Gasteiger partial charge is 0.497 e.